The van der Waals surface area contributed by atoms with Gasteiger partial charge in [-0.1, -0.05) is 25.5 Å². The molecule has 2 aromatic carbocycles. The molecule has 2 heteroatoms. The van der Waals surface area contributed by atoms with Crippen molar-refractivity contribution in [3.05, 3.63) is 53.1 Å². The Balaban J connectivity index is 2.31. The molecule has 0 amide bonds. The van der Waals surface area contributed by atoms with Gasteiger partial charge in [0, 0.05) is 12.7 Å². The summed E-state index contributed by atoms with van der Waals surface area (Å²) >= 11 is 0. The molecular formula is C18H24N2. The number of benzene rings is 2. The molecule has 0 saturated heterocycles. The van der Waals surface area contributed by atoms with Crippen LogP contribution in [0.3, 0.4) is 0 Å². The maximum absolute atomic E-state index is 6.16. The van der Waals surface area contributed by atoms with Crippen molar-refractivity contribution in [2.24, 2.45) is 0 Å². The van der Waals surface area contributed by atoms with Gasteiger partial charge in [-0.25, -0.2) is 0 Å². The zero-order valence-corrected chi connectivity index (χ0v) is 12.9. The molecule has 0 aliphatic carbocycles. The summed E-state index contributed by atoms with van der Waals surface area (Å²) < 4.78 is 0. The summed E-state index contributed by atoms with van der Waals surface area (Å²) in [5.41, 5.74) is 13.1. The quantitative estimate of drug-likeness (QED) is 0.821. The topological polar surface area (TPSA) is 29.3 Å². The van der Waals surface area contributed by atoms with E-state index >= 15 is 0 Å². The first-order valence-corrected chi connectivity index (χ1v) is 7.22. The second kappa shape index (κ2) is 6.00. The SMILES string of the molecule is CCCc1ccc(N(C)c2cc(C)c(C)cc2N)cc1. The minimum absolute atomic E-state index is 0.827. The number of nitrogens with zero attached hydrogens (tertiary/aromatic N) is 1. The van der Waals surface area contributed by atoms with Crippen LogP contribution in [0.2, 0.25) is 0 Å². The number of hydrogen-bond donors (Lipinski definition) is 1. The maximum atomic E-state index is 6.16. The van der Waals surface area contributed by atoms with Crippen molar-refractivity contribution in [1.29, 1.82) is 0 Å². The normalized spacial score (nSPS) is 10.6. The predicted molar refractivity (Wildman–Crippen MR) is 88.8 cm³/mol. The van der Waals surface area contributed by atoms with Crippen molar-refractivity contribution in [1.82, 2.24) is 0 Å². The Kier molecular flexibility index (Phi) is 4.33. The molecule has 0 saturated carbocycles. The average molecular weight is 268 g/mol. The molecule has 0 radical (unpaired) electrons. The number of hydrogen-bond acceptors (Lipinski definition) is 2. The number of aryl methyl sites for hydroxylation is 3. The molecular weight excluding hydrogens is 244 g/mol. The van der Waals surface area contributed by atoms with Crippen LogP contribution in [0.1, 0.15) is 30.0 Å². The summed E-state index contributed by atoms with van der Waals surface area (Å²) in [5.74, 6) is 0. The summed E-state index contributed by atoms with van der Waals surface area (Å²) in [4.78, 5) is 2.15. The van der Waals surface area contributed by atoms with Crippen molar-refractivity contribution in [3.63, 3.8) is 0 Å². The fourth-order valence-corrected chi connectivity index (χ4v) is 2.43. The number of nitrogens with two attached hydrogens (primary N) is 1. The summed E-state index contributed by atoms with van der Waals surface area (Å²) in [7, 11) is 2.06. The molecule has 2 N–H and O–H groups in total. The van der Waals surface area contributed by atoms with Crippen LogP contribution < -0.4 is 10.6 Å². The van der Waals surface area contributed by atoms with Crippen molar-refractivity contribution < 1.29 is 0 Å². The molecule has 0 atom stereocenters. The van der Waals surface area contributed by atoms with E-state index in [0.29, 0.717) is 0 Å². The third-order valence-corrected chi connectivity index (χ3v) is 3.87. The molecule has 2 rings (SSSR count). The van der Waals surface area contributed by atoms with E-state index in [1.807, 2.05) is 6.07 Å². The molecule has 0 spiro atoms. The van der Waals surface area contributed by atoms with Gasteiger partial charge in [0.1, 0.15) is 0 Å². The Morgan fingerprint density at radius 3 is 2.20 bits per heavy atom. The third kappa shape index (κ3) is 2.96. The van der Waals surface area contributed by atoms with Gasteiger partial charge in [0.15, 0.2) is 0 Å². The van der Waals surface area contributed by atoms with Crippen molar-refractivity contribution in [3.8, 4) is 0 Å². The predicted octanol–water partition coefficient (Wildman–Crippen LogP) is 4.61. The van der Waals surface area contributed by atoms with Crippen molar-refractivity contribution >= 4 is 17.1 Å². The Morgan fingerprint density at radius 1 is 1.00 bits per heavy atom. The average Bonchev–Trinajstić information content (AvgIpc) is 2.43. The van der Waals surface area contributed by atoms with E-state index in [2.05, 4.69) is 63.1 Å². The van der Waals surface area contributed by atoms with E-state index in [0.717, 1.165) is 17.8 Å². The van der Waals surface area contributed by atoms with Gasteiger partial charge >= 0.3 is 0 Å². The summed E-state index contributed by atoms with van der Waals surface area (Å²) in [5, 5.41) is 0. The standard InChI is InChI=1S/C18H24N2/c1-5-6-15-7-9-16(10-8-15)20(4)18-12-14(3)13(2)11-17(18)19/h7-12H,5-6,19H2,1-4H3. The second-order valence-corrected chi connectivity index (χ2v) is 5.47. The van der Waals surface area contributed by atoms with Crippen LogP contribution in [0.15, 0.2) is 36.4 Å². The van der Waals surface area contributed by atoms with Crippen LogP contribution >= 0.6 is 0 Å². The molecule has 0 aliphatic rings. The van der Waals surface area contributed by atoms with Crippen LogP contribution in [0.5, 0.6) is 0 Å². The first-order valence-electron chi connectivity index (χ1n) is 7.22. The van der Waals surface area contributed by atoms with Crippen LogP contribution in [0.4, 0.5) is 17.1 Å². The van der Waals surface area contributed by atoms with Crippen molar-refractivity contribution in [2.45, 2.75) is 33.6 Å². The zero-order chi connectivity index (χ0) is 14.7. The fourth-order valence-electron chi connectivity index (χ4n) is 2.43. The molecule has 0 bridgehead atoms. The van der Waals surface area contributed by atoms with Crippen LogP contribution in [0.25, 0.3) is 0 Å². The maximum Gasteiger partial charge on any atom is 0.0644 e. The second-order valence-electron chi connectivity index (χ2n) is 5.47. The minimum Gasteiger partial charge on any atom is -0.397 e. The molecule has 0 aromatic heterocycles. The lowest BCUT2D eigenvalue weighted by Gasteiger charge is -2.23. The highest BCUT2D eigenvalue weighted by Crippen LogP contribution is 2.31. The number of anilines is 3. The highest BCUT2D eigenvalue weighted by atomic mass is 15.1. The molecule has 0 aliphatic heterocycles. The third-order valence-electron chi connectivity index (χ3n) is 3.87. The monoisotopic (exact) mass is 268 g/mol. The van der Waals surface area contributed by atoms with Gasteiger partial charge in [0.25, 0.3) is 0 Å². The minimum atomic E-state index is 0.827. The highest BCUT2D eigenvalue weighted by molar-refractivity contribution is 5.76. The fraction of sp³-hybridized carbons (Fsp3) is 0.333. The van der Waals surface area contributed by atoms with Gasteiger partial charge in [0.05, 0.1) is 11.4 Å². The van der Waals surface area contributed by atoms with Gasteiger partial charge in [-0.15, -0.1) is 0 Å². The molecule has 2 aromatic rings. The molecule has 0 fully saturated rings. The van der Waals surface area contributed by atoms with Crippen molar-refractivity contribution in [2.75, 3.05) is 17.7 Å². The van der Waals surface area contributed by atoms with Gasteiger partial charge < -0.3 is 10.6 Å². The lowest BCUT2D eigenvalue weighted by Crippen LogP contribution is -2.12. The first-order chi connectivity index (χ1) is 9.52. The molecule has 0 unspecified atom stereocenters. The van der Waals surface area contributed by atoms with E-state index in [-0.39, 0.29) is 0 Å². The Labute approximate surface area is 122 Å². The lowest BCUT2D eigenvalue weighted by molar-refractivity contribution is 0.921. The van der Waals surface area contributed by atoms with Crippen LogP contribution in [0, 0.1) is 13.8 Å². The summed E-state index contributed by atoms with van der Waals surface area (Å²) in [6, 6.07) is 12.9. The molecule has 2 nitrogen and oxygen atoms in total. The largest absolute Gasteiger partial charge is 0.397 e. The Hall–Kier alpha value is -1.96. The van der Waals surface area contributed by atoms with Gasteiger partial charge in [-0.05, 0) is 61.2 Å². The first kappa shape index (κ1) is 14.4. The van der Waals surface area contributed by atoms with E-state index < -0.39 is 0 Å². The summed E-state index contributed by atoms with van der Waals surface area (Å²) in [6.07, 6.45) is 2.31. The highest BCUT2D eigenvalue weighted by Gasteiger charge is 2.09. The van der Waals surface area contributed by atoms with Gasteiger partial charge in [-0.2, -0.15) is 0 Å². The molecule has 20 heavy (non-hydrogen) atoms. The molecule has 106 valence electrons. The van der Waals surface area contributed by atoms with Gasteiger partial charge in [-0.3, -0.25) is 0 Å². The zero-order valence-electron chi connectivity index (χ0n) is 12.9. The smallest absolute Gasteiger partial charge is 0.0644 e. The van der Waals surface area contributed by atoms with E-state index in [4.69, 9.17) is 5.73 Å². The molecule has 0 heterocycles. The number of nitrogen functional groups attached to an aromatic ring is 1. The lowest BCUT2D eigenvalue weighted by atomic mass is 10.1. The number of rotatable bonds is 4. The van der Waals surface area contributed by atoms with Crippen LogP contribution in [-0.2, 0) is 6.42 Å². The van der Waals surface area contributed by atoms with Gasteiger partial charge in [0.2, 0.25) is 0 Å². The van der Waals surface area contributed by atoms with E-state index in [9.17, 15) is 0 Å². The van der Waals surface area contributed by atoms with Crippen LogP contribution in [-0.4, -0.2) is 7.05 Å². The van der Waals surface area contributed by atoms with E-state index in [1.54, 1.807) is 0 Å². The summed E-state index contributed by atoms with van der Waals surface area (Å²) in [6.45, 7) is 6.42. The Bertz CT molecular complexity index is 585. The van der Waals surface area contributed by atoms with E-state index in [1.165, 1.54) is 28.8 Å². The Morgan fingerprint density at radius 2 is 1.60 bits per heavy atom.